The van der Waals surface area contributed by atoms with Crippen molar-refractivity contribution < 1.29 is 27.4 Å². The molecule has 1 aliphatic carbocycles. The van der Waals surface area contributed by atoms with Gasteiger partial charge in [0.25, 0.3) is 5.91 Å². The Morgan fingerprint density at radius 3 is 2.46 bits per heavy atom. The molecule has 3 aromatic rings. The van der Waals surface area contributed by atoms with Crippen LogP contribution in [-0.2, 0) is 6.18 Å². The van der Waals surface area contributed by atoms with Gasteiger partial charge in [-0.2, -0.15) is 18.3 Å². The van der Waals surface area contributed by atoms with Gasteiger partial charge in [0.2, 0.25) is 0 Å². The fourth-order valence-electron chi connectivity index (χ4n) is 4.37. The van der Waals surface area contributed by atoms with Gasteiger partial charge in [-0.1, -0.05) is 11.6 Å². The van der Waals surface area contributed by atoms with Crippen LogP contribution in [0, 0.1) is 5.92 Å². The summed E-state index contributed by atoms with van der Waals surface area (Å²) in [5.74, 6) is 1.72. The van der Waals surface area contributed by atoms with Crippen molar-refractivity contribution >= 4 is 34.2 Å². The van der Waals surface area contributed by atoms with Crippen molar-refractivity contribution in [2.75, 3.05) is 26.1 Å². The topological polar surface area (TPSA) is 88.3 Å². The summed E-state index contributed by atoms with van der Waals surface area (Å²) in [6, 6.07) is 6.35. The fourth-order valence-corrected chi connectivity index (χ4v) is 4.57. The third-order valence-electron chi connectivity index (χ3n) is 6.35. The summed E-state index contributed by atoms with van der Waals surface area (Å²) >= 11 is 5.99. The standard InChI is InChI=1S/C24H26ClF3N4O3/c1-34-20-10-17-19(11-21(20)35-2)31-32-22(17)29-12-13-3-6-15(7-4-13)30-23(33)16-9-14(24(26,27)28)5-8-18(16)25/h5,8-11,13,15H,3-4,6-7,12H2,1-2H3,(H,30,33)(H2,29,31,32). The van der Waals surface area contributed by atoms with E-state index in [1.54, 1.807) is 14.2 Å². The highest BCUT2D eigenvalue weighted by molar-refractivity contribution is 6.33. The maximum atomic E-state index is 13.0. The molecule has 0 unspecified atom stereocenters. The molecule has 1 saturated carbocycles. The van der Waals surface area contributed by atoms with Gasteiger partial charge in [-0.3, -0.25) is 9.89 Å². The van der Waals surface area contributed by atoms with Gasteiger partial charge in [-0.15, -0.1) is 0 Å². The van der Waals surface area contributed by atoms with Gasteiger partial charge < -0.3 is 20.1 Å². The van der Waals surface area contributed by atoms with E-state index in [0.717, 1.165) is 60.6 Å². The predicted octanol–water partition coefficient (Wildman–Crippen LogP) is 5.65. The number of halogens is 4. The van der Waals surface area contributed by atoms with Gasteiger partial charge in [-0.25, -0.2) is 0 Å². The summed E-state index contributed by atoms with van der Waals surface area (Å²) in [6.45, 7) is 0.703. The Morgan fingerprint density at radius 2 is 1.80 bits per heavy atom. The summed E-state index contributed by atoms with van der Waals surface area (Å²) < 4.78 is 49.7. The first-order chi connectivity index (χ1) is 16.7. The minimum absolute atomic E-state index is 0.00568. The summed E-state index contributed by atoms with van der Waals surface area (Å²) in [4.78, 5) is 12.6. The molecule has 1 amide bonds. The number of fused-ring (bicyclic) bond motifs is 1. The molecule has 0 radical (unpaired) electrons. The predicted molar refractivity (Wildman–Crippen MR) is 127 cm³/mol. The minimum Gasteiger partial charge on any atom is -0.493 e. The number of methoxy groups -OCH3 is 2. The Hall–Kier alpha value is -3.14. The van der Waals surface area contributed by atoms with Crippen LogP contribution in [0.25, 0.3) is 10.9 Å². The van der Waals surface area contributed by atoms with E-state index < -0.39 is 17.6 Å². The number of benzene rings is 2. The second kappa shape index (κ2) is 10.2. The highest BCUT2D eigenvalue weighted by atomic mass is 35.5. The van der Waals surface area contributed by atoms with E-state index in [1.165, 1.54) is 0 Å². The van der Waals surface area contributed by atoms with Crippen molar-refractivity contribution in [2.24, 2.45) is 5.92 Å². The van der Waals surface area contributed by atoms with E-state index in [9.17, 15) is 18.0 Å². The lowest BCUT2D eigenvalue weighted by atomic mass is 9.86. The average molecular weight is 511 g/mol. The summed E-state index contributed by atoms with van der Waals surface area (Å²) in [6.07, 6.45) is -1.38. The number of aromatic amines is 1. The number of anilines is 1. The molecule has 0 saturated heterocycles. The van der Waals surface area contributed by atoms with Crippen LogP contribution in [0.5, 0.6) is 11.5 Å². The maximum absolute atomic E-state index is 13.0. The van der Waals surface area contributed by atoms with Crippen LogP contribution in [0.3, 0.4) is 0 Å². The van der Waals surface area contributed by atoms with E-state index in [4.69, 9.17) is 21.1 Å². The minimum atomic E-state index is -4.54. The zero-order valence-electron chi connectivity index (χ0n) is 19.3. The molecule has 1 aromatic heterocycles. The number of hydrogen-bond acceptors (Lipinski definition) is 5. The van der Waals surface area contributed by atoms with Gasteiger partial charge in [0.05, 0.1) is 35.9 Å². The molecule has 4 rings (SSSR count). The molecule has 0 atom stereocenters. The Labute approximate surface area is 205 Å². The molecule has 3 N–H and O–H groups in total. The zero-order chi connectivity index (χ0) is 25.2. The highest BCUT2D eigenvalue weighted by Crippen LogP contribution is 2.35. The molecule has 1 heterocycles. The first kappa shape index (κ1) is 25.0. The van der Waals surface area contributed by atoms with Crippen molar-refractivity contribution in [3.63, 3.8) is 0 Å². The largest absolute Gasteiger partial charge is 0.493 e. The molecule has 11 heteroatoms. The van der Waals surface area contributed by atoms with Crippen LogP contribution < -0.4 is 20.1 Å². The molecule has 0 bridgehead atoms. The van der Waals surface area contributed by atoms with Crippen molar-refractivity contribution in [3.05, 3.63) is 46.5 Å². The average Bonchev–Trinajstić information content (AvgIpc) is 3.23. The molecule has 7 nitrogen and oxygen atoms in total. The number of ether oxygens (including phenoxy) is 2. The Bertz CT molecular complexity index is 1210. The van der Waals surface area contributed by atoms with Crippen LogP contribution in [0.15, 0.2) is 30.3 Å². The van der Waals surface area contributed by atoms with E-state index in [1.807, 2.05) is 12.1 Å². The number of amides is 1. The maximum Gasteiger partial charge on any atom is 0.416 e. The number of hydrogen-bond donors (Lipinski definition) is 3. The zero-order valence-corrected chi connectivity index (χ0v) is 20.0. The van der Waals surface area contributed by atoms with Crippen molar-refractivity contribution in [3.8, 4) is 11.5 Å². The summed E-state index contributed by atoms with van der Waals surface area (Å²) in [7, 11) is 3.15. The molecular formula is C24H26ClF3N4O3. The quantitative estimate of drug-likeness (QED) is 0.382. The Morgan fingerprint density at radius 1 is 1.11 bits per heavy atom. The van der Waals surface area contributed by atoms with Crippen molar-refractivity contribution in [1.82, 2.24) is 15.5 Å². The van der Waals surface area contributed by atoms with E-state index >= 15 is 0 Å². The number of aromatic nitrogens is 2. The van der Waals surface area contributed by atoms with E-state index in [2.05, 4.69) is 20.8 Å². The number of H-pyrrole nitrogens is 1. The molecule has 35 heavy (non-hydrogen) atoms. The number of alkyl halides is 3. The number of nitrogens with one attached hydrogen (secondary N) is 3. The second-order valence-corrected chi connectivity index (χ2v) is 9.00. The van der Waals surface area contributed by atoms with E-state index in [-0.39, 0.29) is 16.6 Å². The Kier molecular flexibility index (Phi) is 7.30. The molecular weight excluding hydrogens is 485 g/mol. The lowest BCUT2D eigenvalue weighted by Crippen LogP contribution is -2.38. The molecule has 0 aliphatic heterocycles. The summed E-state index contributed by atoms with van der Waals surface area (Å²) in [5.41, 5.74) is -0.239. The van der Waals surface area contributed by atoms with Crippen LogP contribution >= 0.6 is 11.6 Å². The SMILES string of the molecule is COc1cc2[nH]nc(NCC3CCC(NC(=O)c4cc(C(F)(F)F)ccc4Cl)CC3)c2cc1OC. The first-order valence-electron chi connectivity index (χ1n) is 11.2. The molecule has 1 fully saturated rings. The van der Waals surface area contributed by atoms with Crippen LogP contribution in [0.1, 0.15) is 41.6 Å². The number of rotatable bonds is 7. The van der Waals surface area contributed by atoms with Crippen LogP contribution in [0.4, 0.5) is 19.0 Å². The Balaban J connectivity index is 1.32. The number of carbonyl (C=O) groups excluding carboxylic acids is 1. The van der Waals surface area contributed by atoms with Gasteiger partial charge in [0.15, 0.2) is 17.3 Å². The third-order valence-corrected chi connectivity index (χ3v) is 6.68. The lowest BCUT2D eigenvalue weighted by molar-refractivity contribution is -0.137. The molecule has 0 spiro atoms. The van der Waals surface area contributed by atoms with Gasteiger partial charge in [0, 0.05) is 24.0 Å². The van der Waals surface area contributed by atoms with E-state index in [0.29, 0.717) is 24.0 Å². The lowest BCUT2D eigenvalue weighted by Gasteiger charge is -2.29. The molecule has 188 valence electrons. The normalized spacial score (nSPS) is 18.3. The summed E-state index contributed by atoms with van der Waals surface area (Å²) in [5, 5.41) is 14.4. The van der Waals surface area contributed by atoms with Crippen LogP contribution in [0.2, 0.25) is 5.02 Å². The van der Waals surface area contributed by atoms with Gasteiger partial charge >= 0.3 is 6.18 Å². The third kappa shape index (κ3) is 5.58. The molecule has 2 aromatic carbocycles. The monoisotopic (exact) mass is 510 g/mol. The van der Waals surface area contributed by atoms with Crippen LogP contribution in [-0.4, -0.2) is 42.9 Å². The first-order valence-corrected chi connectivity index (χ1v) is 11.6. The van der Waals surface area contributed by atoms with Gasteiger partial charge in [-0.05, 0) is 55.9 Å². The second-order valence-electron chi connectivity index (χ2n) is 8.59. The number of carbonyl (C=O) groups is 1. The van der Waals surface area contributed by atoms with Crippen molar-refractivity contribution in [2.45, 2.75) is 37.9 Å². The van der Waals surface area contributed by atoms with Gasteiger partial charge in [0.1, 0.15) is 0 Å². The number of nitrogens with zero attached hydrogens (tertiary/aromatic N) is 1. The van der Waals surface area contributed by atoms with Crippen molar-refractivity contribution in [1.29, 1.82) is 0 Å². The fraction of sp³-hybridized carbons (Fsp3) is 0.417. The molecule has 1 aliphatic rings. The highest BCUT2D eigenvalue weighted by Gasteiger charge is 2.32. The smallest absolute Gasteiger partial charge is 0.416 e.